The van der Waals surface area contributed by atoms with Gasteiger partial charge in [-0.3, -0.25) is 4.79 Å². The molecule has 4 nitrogen and oxygen atoms in total. The van der Waals surface area contributed by atoms with E-state index in [4.69, 9.17) is 0 Å². The van der Waals surface area contributed by atoms with Crippen molar-refractivity contribution in [2.45, 2.75) is 89.4 Å². The van der Waals surface area contributed by atoms with Gasteiger partial charge in [0.25, 0.3) is 0 Å². The first-order valence-corrected chi connectivity index (χ1v) is 9.91. The summed E-state index contributed by atoms with van der Waals surface area (Å²) in [6.45, 7) is 5.86. The fourth-order valence-electron chi connectivity index (χ4n) is 7.33. The van der Waals surface area contributed by atoms with Gasteiger partial charge in [0.05, 0.1) is 11.7 Å². The Labute approximate surface area is 150 Å². The number of fused-ring (bicyclic) bond motifs is 5. The number of rotatable bonds is 1. The summed E-state index contributed by atoms with van der Waals surface area (Å²) in [7, 11) is 0. The molecule has 0 aromatic rings. The Hall–Kier alpha value is -0.710. The van der Waals surface area contributed by atoms with Gasteiger partial charge in [-0.25, -0.2) is 0 Å². The molecule has 7 atom stereocenters. The van der Waals surface area contributed by atoms with E-state index in [9.17, 15) is 20.1 Å². The lowest BCUT2D eigenvalue weighted by atomic mass is 9.43. The maximum atomic E-state index is 12.2. The van der Waals surface area contributed by atoms with Gasteiger partial charge in [0, 0.05) is 11.3 Å². The van der Waals surface area contributed by atoms with Crippen LogP contribution in [0.3, 0.4) is 0 Å². The molecule has 0 heterocycles. The lowest BCUT2D eigenvalue weighted by molar-refractivity contribution is -0.271. The number of aliphatic hydroxyl groups is 3. The van der Waals surface area contributed by atoms with E-state index in [0.29, 0.717) is 25.7 Å². The number of hydrogen-bond acceptors (Lipinski definition) is 4. The largest absolute Gasteiger partial charge is 0.393 e. The monoisotopic (exact) mass is 348 g/mol. The van der Waals surface area contributed by atoms with E-state index in [2.05, 4.69) is 13.0 Å². The van der Waals surface area contributed by atoms with E-state index in [1.807, 2.05) is 6.92 Å². The lowest BCUT2D eigenvalue weighted by Gasteiger charge is -2.65. The molecule has 4 aliphatic rings. The number of carbonyl (C=O) groups excluding carboxylic acids is 1. The maximum absolute atomic E-state index is 12.2. The quantitative estimate of drug-likeness (QED) is 0.637. The first-order chi connectivity index (χ1) is 11.6. The first-order valence-electron chi connectivity index (χ1n) is 9.91. The van der Waals surface area contributed by atoms with Gasteiger partial charge in [-0.2, -0.15) is 0 Å². The van der Waals surface area contributed by atoms with Crippen molar-refractivity contribution in [1.29, 1.82) is 0 Å². The second-order valence-electron chi connectivity index (χ2n) is 9.74. The van der Waals surface area contributed by atoms with E-state index < -0.39 is 16.6 Å². The molecule has 140 valence electrons. The Balaban J connectivity index is 1.79. The molecule has 0 amide bonds. The highest BCUT2D eigenvalue weighted by Gasteiger charge is 2.73. The third-order valence-corrected chi connectivity index (χ3v) is 8.86. The van der Waals surface area contributed by atoms with Crippen molar-refractivity contribution in [1.82, 2.24) is 0 Å². The minimum absolute atomic E-state index is 0.00344. The third-order valence-electron chi connectivity index (χ3n) is 8.86. The average Bonchev–Trinajstić information content (AvgIpc) is 2.82. The molecule has 0 saturated heterocycles. The topological polar surface area (TPSA) is 77.8 Å². The van der Waals surface area contributed by atoms with Crippen LogP contribution < -0.4 is 0 Å². The van der Waals surface area contributed by atoms with E-state index in [1.54, 1.807) is 6.92 Å². The van der Waals surface area contributed by atoms with Crippen LogP contribution in [0.1, 0.15) is 72.1 Å². The normalized spacial score (nSPS) is 55.0. The van der Waals surface area contributed by atoms with Crippen LogP contribution in [0.25, 0.3) is 0 Å². The van der Waals surface area contributed by atoms with Crippen LogP contribution in [0.2, 0.25) is 0 Å². The summed E-state index contributed by atoms with van der Waals surface area (Å²) in [6, 6.07) is 0. The summed E-state index contributed by atoms with van der Waals surface area (Å²) in [6.07, 6.45) is 7.34. The van der Waals surface area contributed by atoms with E-state index in [-0.39, 0.29) is 29.1 Å². The second kappa shape index (κ2) is 5.17. The number of Topliss-reactive ketones (excluding diaryl/α,β-unsaturated/α-hetero) is 1. The zero-order chi connectivity index (χ0) is 18.3. The molecule has 0 aromatic heterocycles. The molecular weight excluding hydrogens is 316 g/mol. The third kappa shape index (κ3) is 1.97. The van der Waals surface area contributed by atoms with Crippen molar-refractivity contribution >= 4 is 5.78 Å². The van der Waals surface area contributed by atoms with Crippen LogP contribution in [0.15, 0.2) is 11.6 Å². The molecule has 4 heteroatoms. The second-order valence-corrected chi connectivity index (χ2v) is 9.74. The molecule has 3 N–H and O–H groups in total. The fraction of sp³-hybridized carbons (Fsp3) is 0.857. The summed E-state index contributed by atoms with van der Waals surface area (Å²) in [4.78, 5) is 12.2. The zero-order valence-electron chi connectivity index (χ0n) is 15.7. The Morgan fingerprint density at radius 3 is 2.52 bits per heavy atom. The van der Waals surface area contributed by atoms with Gasteiger partial charge < -0.3 is 15.3 Å². The molecule has 0 bridgehead atoms. The summed E-state index contributed by atoms with van der Waals surface area (Å²) in [5, 5.41) is 33.8. The van der Waals surface area contributed by atoms with Crippen LogP contribution in [0.4, 0.5) is 0 Å². The molecule has 0 aromatic carbocycles. The molecule has 4 rings (SSSR count). The molecule has 0 radical (unpaired) electrons. The van der Waals surface area contributed by atoms with Crippen molar-refractivity contribution in [2.75, 3.05) is 0 Å². The van der Waals surface area contributed by atoms with Crippen molar-refractivity contribution in [3.63, 3.8) is 0 Å². The van der Waals surface area contributed by atoms with Gasteiger partial charge in [0.1, 0.15) is 11.4 Å². The summed E-state index contributed by atoms with van der Waals surface area (Å²) >= 11 is 0. The van der Waals surface area contributed by atoms with Gasteiger partial charge in [-0.05, 0) is 69.6 Å². The molecule has 4 aliphatic carbocycles. The number of ketones is 1. The molecule has 0 aliphatic heterocycles. The predicted octanol–water partition coefficient (Wildman–Crippen LogP) is 2.75. The number of aliphatic hydroxyl groups excluding tert-OH is 1. The molecule has 3 fully saturated rings. The van der Waals surface area contributed by atoms with Crippen molar-refractivity contribution < 1.29 is 20.1 Å². The van der Waals surface area contributed by atoms with Crippen molar-refractivity contribution in [3.8, 4) is 0 Å². The molecule has 0 spiro atoms. The Morgan fingerprint density at radius 2 is 1.84 bits per heavy atom. The molecular formula is C21H32O4. The van der Waals surface area contributed by atoms with E-state index >= 15 is 0 Å². The molecule has 3 saturated carbocycles. The van der Waals surface area contributed by atoms with Gasteiger partial charge in [-0.15, -0.1) is 0 Å². The lowest BCUT2D eigenvalue weighted by Crippen LogP contribution is -2.71. The van der Waals surface area contributed by atoms with Crippen molar-refractivity contribution in [3.05, 3.63) is 11.6 Å². The van der Waals surface area contributed by atoms with Crippen LogP contribution in [0.5, 0.6) is 0 Å². The minimum atomic E-state index is -1.21. The van der Waals surface area contributed by atoms with Gasteiger partial charge in [-0.1, -0.05) is 25.5 Å². The minimum Gasteiger partial charge on any atom is -0.393 e. The average molecular weight is 348 g/mol. The van der Waals surface area contributed by atoms with Crippen LogP contribution in [-0.4, -0.2) is 38.4 Å². The summed E-state index contributed by atoms with van der Waals surface area (Å²) < 4.78 is 0. The highest BCUT2D eigenvalue weighted by molar-refractivity contribution is 5.80. The van der Waals surface area contributed by atoms with Gasteiger partial charge >= 0.3 is 0 Å². The van der Waals surface area contributed by atoms with Gasteiger partial charge in [0.15, 0.2) is 0 Å². The van der Waals surface area contributed by atoms with E-state index in [0.717, 1.165) is 25.7 Å². The Kier molecular flexibility index (Phi) is 3.66. The SMILES string of the molecule is CC(=O)[C@H]1CC[C@@]2(O)[C@]1(C)CC[C@@H]1[C@@]3(C)CC[C@H](O)CC3=CC[C@]12O. The number of hydrogen-bond donors (Lipinski definition) is 3. The summed E-state index contributed by atoms with van der Waals surface area (Å²) in [5.74, 6) is -0.0235. The zero-order valence-corrected chi connectivity index (χ0v) is 15.7. The van der Waals surface area contributed by atoms with Crippen LogP contribution in [-0.2, 0) is 4.79 Å². The van der Waals surface area contributed by atoms with Crippen LogP contribution in [0, 0.1) is 22.7 Å². The number of carbonyl (C=O) groups is 1. The smallest absolute Gasteiger partial charge is 0.133 e. The standard InChI is InChI=1S/C21H32O4/c1-13(22)16-6-11-21(25)19(16,3)9-7-17-18(2)8-5-15(23)12-14(18)4-10-20(17,21)24/h4,15-17,23-25H,5-12H2,1-3H3/t15-,16+,17+,18-,19+,20-,21+/m0/s1. The van der Waals surface area contributed by atoms with Crippen LogP contribution >= 0.6 is 0 Å². The fourth-order valence-corrected chi connectivity index (χ4v) is 7.33. The maximum Gasteiger partial charge on any atom is 0.133 e. The highest BCUT2D eigenvalue weighted by atomic mass is 16.4. The molecule has 0 unspecified atom stereocenters. The highest BCUT2D eigenvalue weighted by Crippen LogP contribution is 2.69. The summed E-state index contributed by atoms with van der Waals surface area (Å²) in [5.41, 5.74) is -1.82. The van der Waals surface area contributed by atoms with Crippen molar-refractivity contribution in [2.24, 2.45) is 22.7 Å². The Morgan fingerprint density at radius 1 is 1.12 bits per heavy atom. The Bertz CT molecular complexity index is 642. The van der Waals surface area contributed by atoms with E-state index in [1.165, 1.54) is 5.57 Å². The molecule has 25 heavy (non-hydrogen) atoms. The van der Waals surface area contributed by atoms with Gasteiger partial charge in [0.2, 0.25) is 0 Å². The predicted molar refractivity (Wildman–Crippen MR) is 94.8 cm³/mol. The first kappa shape index (κ1) is 17.7.